The minimum Gasteiger partial charge on any atom is -0.367 e. The molecule has 0 aliphatic rings. The van der Waals surface area contributed by atoms with Crippen molar-refractivity contribution in [3.05, 3.63) is 137 Å². The Morgan fingerprint density at radius 1 is 0.706 bits per heavy atom. The van der Waals surface area contributed by atoms with Gasteiger partial charge in [-0.05, 0) is 28.8 Å². The molecule has 5 nitrogen and oxygen atoms in total. The summed E-state index contributed by atoms with van der Waals surface area (Å²) in [4.78, 5) is 29.7. The van der Waals surface area contributed by atoms with Crippen LogP contribution in [0.25, 0.3) is 0 Å². The van der Waals surface area contributed by atoms with Crippen LogP contribution in [0.1, 0.15) is 27.0 Å². The summed E-state index contributed by atoms with van der Waals surface area (Å²) in [7, 11) is 1.21. The first-order valence-corrected chi connectivity index (χ1v) is 10.7. The summed E-state index contributed by atoms with van der Waals surface area (Å²) in [5.74, 6) is -2.93. The average molecular weight is 455 g/mol. The molecule has 170 valence electrons. The maximum absolute atomic E-state index is 15.0. The number of carbonyl (C=O) groups is 2. The number of hydrogen-bond acceptors (Lipinski definition) is 4. The fourth-order valence-electron chi connectivity index (χ4n) is 4.09. The van der Waals surface area contributed by atoms with Gasteiger partial charge in [-0.3, -0.25) is 14.4 Å². The van der Waals surface area contributed by atoms with Crippen LogP contribution in [0.4, 0.5) is 10.1 Å². The van der Waals surface area contributed by atoms with Crippen LogP contribution in [0.2, 0.25) is 0 Å². The van der Waals surface area contributed by atoms with Crippen LogP contribution in [-0.2, 0) is 15.2 Å². The molecule has 0 aliphatic carbocycles. The minimum atomic E-state index is -1.07. The molecule has 0 saturated carbocycles. The molecular weight excluding hydrogens is 431 g/mol. The second-order valence-corrected chi connectivity index (χ2v) is 7.60. The second-order valence-electron chi connectivity index (χ2n) is 7.60. The van der Waals surface area contributed by atoms with E-state index in [2.05, 4.69) is 10.2 Å². The number of hydroxylamine groups is 1. The number of anilines is 1. The van der Waals surface area contributed by atoms with E-state index in [4.69, 9.17) is 0 Å². The molecule has 0 atom stereocenters. The van der Waals surface area contributed by atoms with Crippen molar-refractivity contribution in [3.8, 4) is 0 Å². The Morgan fingerprint density at radius 2 is 1.18 bits per heavy atom. The smallest absolute Gasteiger partial charge is 0.316 e. The van der Waals surface area contributed by atoms with E-state index in [-0.39, 0.29) is 11.3 Å². The van der Waals surface area contributed by atoms with Crippen molar-refractivity contribution in [1.82, 2.24) is 5.48 Å². The highest BCUT2D eigenvalue weighted by Gasteiger charge is 2.38. The molecule has 1 amide bonds. The van der Waals surface area contributed by atoms with Gasteiger partial charge in [0.2, 0.25) is 0 Å². The highest BCUT2D eigenvalue weighted by atomic mass is 19.1. The van der Waals surface area contributed by atoms with Gasteiger partial charge in [0.1, 0.15) is 11.4 Å². The molecule has 34 heavy (non-hydrogen) atoms. The summed E-state index contributed by atoms with van der Waals surface area (Å²) in [5.41, 5.74) is 3.40. The fraction of sp³-hybridized carbons (Fsp3) is 0.0714. The van der Waals surface area contributed by atoms with E-state index in [9.17, 15) is 9.59 Å². The number of ketones is 1. The molecule has 4 aromatic carbocycles. The lowest BCUT2D eigenvalue weighted by molar-refractivity contribution is -0.126. The zero-order valence-electron chi connectivity index (χ0n) is 18.5. The van der Waals surface area contributed by atoms with E-state index in [1.54, 1.807) is 6.07 Å². The highest BCUT2D eigenvalue weighted by Crippen LogP contribution is 2.41. The Kier molecular flexibility index (Phi) is 6.80. The number of benzene rings is 4. The number of halogens is 1. The molecule has 0 aliphatic heterocycles. The molecule has 0 spiro atoms. The lowest BCUT2D eigenvalue weighted by Gasteiger charge is -2.38. The molecule has 0 heterocycles. The largest absolute Gasteiger partial charge is 0.367 e. The van der Waals surface area contributed by atoms with Gasteiger partial charge in [0.15, 0.2) is 0 Å². The monoisotopic (exact) mass is 454 g/mol. The molecule has 4 aromatic rings. The van der Waals surface area contributed by atoms with Gasteiger partial charge in [-0.2, -0.15) is 0 Å². The van der Waals surface area contributed by atoms with Gasteiger partial charge < -0.3 is 5.32 Å². The summed E-state index contributed by atoms with van der Waals surface area (Å²) in [5, 5.41) is 3.45. The summed E-state index contributed by atoms with van der Waals surface area (Å²) in [6, 6.07) is 33.3. The van der Waals surface area contributed by atoms with Gasteiger partial charge in [-0.1, -0.05) is 97.1 Å². The predicted octanol–water partition coefficient (Wildman–Crippen LogP) is 5.09. The number of rotatable bonds is 8. The molecule has 0 aromatic heterocycles. The Bertz CT molecular complexity index is 1180. The Morgan fingerprint density at radius 3 is 1.62 bits per heavy atom. The summed E-state index contributed by atoms with van der Waals surface area (Å²) < 4.78 is 15.0. The van der Waals surface area contributed by atoms with Crippen molar-refractivity contribution >= 4 is 17.4 Å². The number of amides is 1. The summed E-state index contributed by atoms with van der Waals surface area (Å²) in [6.07, 6.45) is 0. The zero-order valence-corrected chi connectivity index (χ0v) is 18.5. The van der Waals surface area contributed by atoms with Gasteiger partial charge in [0.05, 0.1) is 12.7 Å². The molecular formula is C28H23FN2O3. The normalized spacial score (nSPS) is 11.0. The highest BCUT2D eigenvalue weighted by molar-refractivity contribution is 6.43. The quantitative estimate of drug-likeness (QED) is 0.168. The van der Waals surface area contributed by atoms with Gasteiger partial charge in [0.25, 0.3) is 5.78 Å². The Hall–Kier alpha value is -4.29. The summed E-state index contributed by atoms with van der Waals surface area (Å²) >= 11 is 0. The van der Waals surface area contributed by atoms with Gasteiger partial charge >= 0.3 is 5.91 Å². The lowest BCUT2D eigenvalue weighted by Crippen LogP contribution is -2.39. The minimum absolute atomic E-state index is 0.174. The van der Waals surface area contributed by atoms with Crippen LogP contribution < -0.4 is 10.8 Å². The van der Waals surface area contributed by atoms with Crippen LogP contribution in [0.5, 0.6) is 0 Å². The molecule has 0 radical (unpaired) electrons. The standard InChI is InChI=1S/C28H23FN2O3/c1-34-31-27(33)26(32)25-23(29)18-11-19-24(25)30-28(20-12-5-2-6-13-20,21-14-7-3-8-15-21)22-16-9-4-10-17-22/h2-19,30H,1H3,(H,31,33). The number of carbonyl (C=O) groups excluding carboxylic acids is 2. The van der Waals surface area contributed by atoms with Crippen LogP contribution >= 0.6 is 0 Å². The van der Waals surface area contributed by atoms with Crippen molar-refractivity contribution in [1.29, 1.82) is 0 Å². The van der Waals surface area contributed by atoms with Gasteiger partial charge in [-0.15, -0.1) is 0 Å². The third kappa shape index (κ3) is 4.31. The third-order valence-electron chi connectivity index (χ3n) is 5.58. The molecule has 0 fully saturated rings. The van der Waals surface area contributed by atoms with E-state index in [0.717, 1.165) is 22.8 Å². The predicted molar refractivity (Wildman–Crippen MR) is 129 cm³/mol. The topological polar surface area (TPSA) is 67.4 Å². The number of hydrogen-bond donors (Lipinski definition) is 2. The van der Waals surface area contributed by atoms with Crippen LogP contribution in [0.15, 0.2) is 109 Å². The number of Topliss-reactive ketones (excluding diaryl/α,β-unsaturated/α-hetero) is 1. The van der Waals surface area contributed by atoms with Crippen molar-refractivity contribution < 1.29 is 18.8 Å². The van der Waals surface area contributed by atoms with Crippen molar-refractivity contribution in [2.24, 2.45) is 0 Å². The molecule has 0 unspecified atom stereocenters. The SMILES string of the molecule is CONC(=O)C(=O)c1c(F)cccc1NC(c1ccccc1)(c1ccccc1)c1ccccc1. The van der Waals surface area contributed by atoms with Crippen molar-refractivity contribution in [3.63, 3.8) is 0 Å². The zero-order chi connectivity index (χ0) is 24.0. The van der Waals surface area contributed by atoms with E-state index >= 15 is 4.39 Å². The van der Waals surface area contributed by atoms with E-state index < -0.39 is 23.0 Å². The molecule has 0 saturated heterocycles. The van der Waals surface area contributed by atoms with Crippen LogP contribution in [0, 0.1) is 5.82 Å². The van der Waals surface area contributed by atoms with Gasteiger partial charge in [0, 0.05) is 5.69 Å². The van der Waals surface area contributed by atoms with Crippen molar-refractivity contribution in [2.75, 3.05) is 12.4 Å². The van der Waals surface area contributed by atoms with E-state index in [0.29, 0.717) is 0 Å². The van der Waals surface area contributed by atoms with Crippen LogP contribution in [0.3, 0.4) is 0 Å². The summed E-state index contributed by atoms with van der Waals surface area (Å²) in [6.45, 7) is 0. The van der Waals surface area contributed by atoms with Crippen molar-refractivity contribution in [2.45, 2.75) is 5.54 Å². The first-order valence-electron chi connectivity index (χ1n) is 10.7. The first-order chi connectivity index (χ1) is 16.6. The van der Waals surface area contributed by atoms with Crippen LogP contribution in [-0.4, -0.2) is 18.8 Å². The molecule has 4 rings (SSSR count). The molecule has 0 bridgehead atoms. The van der Waals surface area contributed by atoms with Gasteiger partial charge in [-0.25, -0.2) is 9.87 Å². The number of nitrogens with one attached hydrogen (secondary N) is 2. The average Bonchev–Trinajstić information content (AvgIpc) is 2.89. The third-order valence-corrected chi connectivity index (χ3v) is 5.58. The van der Waals surface area contributed by atoms with E-state index in [1.807, 2.05) is 96.5 Å². The molecule has 2 N–H and O–H groups in total. The Labute approximate surface area is 197 Å². The first kappa shape index (κ1) is 22.9. The maximum Gasteiger partial charge on any atom is 0.316 e. The maximum atomic E-state index is 15.0. The lowest BCUT2D eigenvalue weighted by atomic mass is 9.76. The molecule has 6 heteroatoms. The fourth-order valence-corrected chi connectivity index (χ4v) is 4.09. The second kappa shape index (κ2) is 10.1. The Balaban J connectivity index is 1.99. The van der Waals surface area contributed by atoms with E-state index in [1.165, 1.54) is 13.2 Å².